The molecule has 2 heterocycles. The lowest BCUT2D eigenvalue weighted by Gasteiger charge is -2.45. The molecule has 6 unspecified atom stereocenters. The van der Waals surface area contributed by atoms with Crippen molar-refractivity contribution < 1.29 is 55.1 Å². The Hall–Kier alpha value is -0.440. The van der Waals surface area contributed by atoms with Gasteiger partial charge >= 0.3 is 0 Å². The molecule has 2 aliphatic rings. The van der Waals surface area contributed by atoms with Crippen LogP contribution in [0.5, 0.6) is 0 Å². The maximum absolute atomic E-state index is 9.94. The second kappa shape index (κ2) is 7.63. The van der Waals surface area contributed by atoms with E-state index in [4.69, 9.17) is 19.3 Å². The van der Waals surface area contributed by atoms with Crippen molar-refractivity contribution in [2.75, 3.05) is 13.2 Å². The fourth-order valence-electron chi connectivity index (χ4n) is 2.57. The van der Waals surface area contributed by atoms with Crippen molar-refractivity contribution in [2.24, 2.45) is 0 Å². The average molecular weight is 342 g/mol. The summed E-state index contributed by atoms with van der Waals surface area (Å²) in [4.78, 5) is 0. The van der Waals surface area contributed by atoms with Crippen LogP contribution in [-0.2, 0) is 14.2 Å². The molecule has 0 radical (unpaired) electrons. The zero-order chi connectivity index (χ0) is 17.3. The Bertz CT molecular complexity index is 378. The molecular weight excluding hydrogens is 320 g/mol. The van der Waals surface area contributed by atoms with Gasteiger partial charge in [-0.2, -0.15) is 0 Å². The van der Waals surface area contributed by atoms with E-state index >= 15 is 0 Å². The van der Waals surface area contributed by atoms with Crippen LogP contribution in [0.3, 0.4) is 0 Å². The molecule has 2 fully saturated rings. The van der Waals surface area contributed by atoms with Gasteiger partial charge in [-0.25, -0.2) is 0 Å². The van der Waals surface area contributed by atoms with Crippen LogP contribution in [0.2, 0.25) is 0 Å². The second-order valence-corrected chi connectivity index (χ2v) is 5.53. The van der Waals surface area contributed by atoms with Crippen LogP contribution < -0.4 is 0 Å². The Kier molecular flexibility index (Phi) is 6.27. The van der Waals surface area contributed by atoms with Gasteiger partial charge in [0.1, 0.15) is 48.8 Å². The zero-order valence-corrected chi connectivity index (χ0v) is 12.0. The molecule has 2 rings (SSSR count). The van der Waals surface area contributed by atoms with Crippen molar-refractivity contribution >= 4 is 0 Å². The molecule has 0 spiro atoms. The molecule has 10 atom stereocenters. The van der Waals surface area contributed by atoms with E-state index in [1.807, 2.05) is 0 Å². The van der Waals surface area contributed by atoms with Crippen LogP contribution >= 0.6 is 0 Å². The summed E-state index contributed by atoms with van der Waals surface area (Å²) in [5.74, 6) is 0. The summed E-state index contributed by atoms with van der Waals surface area (Å²) in [5.41, 5.74) is 0. The van der Waals surface area contributed by atoms with Gasteiger partial charge in [-0.05, 0) is 0 Å². The van der Waals surface area contributed by atoms with Crippen LogP contribution in [0, 0.1) is 0 Å². The van der Waals surface area contributed by atoms with Crippen molar-refractivity contribution in [1.82, 2.24) is 0 Å². The van der Waals surface area contributed by atoms with Gasteiger partial charge in [-0.15, -0.1) is 0 Å². The number of rotatable bonds is 4. The zero-order valence-electron chi connectivity index (χ0n) is 12.0. The Labute approximate surface area is 130 Å². The molecule has 0 aromatic carbocycles. The lowest BCUT2D eigenvalue weighted by atomic mass is 9.97. The summed E-state index contributed by atoms with van der Waals surface area (Å²) in [5, 5.41) is 76.5. The highest BCUT2D eigenvalue weighted by Gasteiger charge is 2.50. The first-order valence-corrected chi connectivity index (χ1v) is 7.08. The van der Waals surface area contributed by atoms with E-state index in [-0.39, 0.29) is 0 Å². The SMILES string of the molecule is OC[C@H]1OC(OC2[C@H](O)C(O)C(O)O[C@@H]2CO)C(O)[C@@H](O)C1O. The molecule has 0 aromatic rings. The van der Waals surface area contributed by atoms with Crippen LogP contribution in [0.1, 0.15) is 0 Å². The third-order valence-corrected chi connectivity index (χ3v) is 3.98. The van der Waals surface area contributed by atoms with E-state index in [1.54, 1.807) is 0 Å². The largest absolute Gasteiger partial charge is 0.394 e. The van der Waals surface area contributed by atoms with Crippen molar-refractivity contribution in [1.29, 1.82) is 0 Å². The van der Waals surface area contributed by atoms with Crippen molar-refractivity contribution in [3.8, 4) is 0 Å². The first kappa shape index (κ1) is 18.9. The number of hydrogen-bond donors (Lipinski definition) is 8. The third kappa shape index (κ3) is 3.65. The predicted octanol–water partition coefficient (Wildman–Crippen LogP) is -5.40. The maximum atomic E-state index is 9.94. The summed E-state index contributed by atoms with van der Waals surface area (Å²) < 4.78 is 15.3. The topological polar surface area (TPSA) is 190 Å². The highest BCUT2D eigenvalue weighted by molar-refractivity contribution is 4.93. The Morgan fingerprint density at radius 1 is 0.652 bits per heavy atom. The predicted molar refractivity (Wildman–Crippen MR) is 68.6 cm³/mol. The van der Waals surface area contributed by atoms with Crippen LogP contribution in [0.15, 0.2) is 0 Å². The minimum absolute atomic E-state index is 0.667. The molecule has 0 aliphatic carbocycles. The van der Waals surface area contributed by atoms with Gasteiger partial charge in [-0.1, -0.05) is 0 Å². The molecule has 0 amide bonds. The molecule has 8 N–H and O–H groups in total. The summed E-state index contributed by atoms with van der Waals surface area (Å²) in [7, 11) is 0. The van der Waals surface area contributed by atoms with E-state index in [2.05, 4.69) is 0 Å². The van der Waals surface area contributed by atoms with Crippen LogP contribution in [0.4, 0.5) is 0 Å². The van der Waals surface area contributed by atoms with Gasteiger partial charge in [0, 0.05) is 0 Å². The molecule has 11 heteroatoms. The number of aliphatic hydroxyl groups excluding tert-OH is 8. The van der Waals surface area contributed by atoms with Gasteiger partial charge in [0.2, 0.25) is 0 Å². The lowest BCUT2D eigenvalue weighted by Crippen LogP contribution is -2.64. The number of aliphatic hydroxyl groups is 8. The Balaban J connectivity index is 2.11. The molecule has 23 heavy (non-hydrogen) atoms. The first-order valence-electron chi connectivity index (χ1n) is 7.08. The third-order valence-electron chi connectivity index (χ3n) is 3.98. The van der Waals surface area contributed by atoms with E-state index in [1.165, 1.54) is 0 Å². The number of hydrogen-bond acceptors (Lipinski definition) is 11. The van der Waals surface area contributed by atoms with E-state index < -0.39 is 74.6 Å². The van der Waals surface area contributed by atoms with Gasteiger partial charge in [0.25, 0.3) is 0 Å². The second-order valence-electron chi connectivity index (χ2n) is 5.53. The van der Waals surface area contributed by atoms with Crippen LogP contribution in [0.25, 0.3) is 0 Å². The lowest BCUT2D eigenvalue weighted by molar-refractivity contribution is -0.355. The van der Waals surface area contributed by atoms with E-state index in [9.17, 15) is 35.7 Å². The van der Waals surface area contributed by atoms with Gasteiger partial charge < -0.3 is 55.1 Å². The van der Waals surface area contributed by atoms with Gasteiger partial charge in [-0.3, -0.25) is 0 Å². The summed E-state index contributed by atoms with van der Waals surface area (Å²) >= 11 is 0. The molecule has 11 nitrogen and oxygen atoms in total. The van der Waals surface area contributed by atoms with Crippen LogP contribution in [-0.4, -0.2) is 115 Å². The monoisotopic (exact) mass is 342 g/mol. The summed E-state index contributed by atoms with van der Waals surface area (Å²) in [6, 6.07) is 0. The molecular formula is C12H22O11. The van der Waals surface area contributed by atoms with Crippen molar-refractivity contribution in [3.63, 3.8) is 0 Å². The summed E-state index contributed by atoms with van der Waals surface area (Å²) in [6.07, 6.45) is -15.6. The Morgan fingerprint density at radius 3 is 1.83 bits per heavy atom. The fourth-order valence-corrected chi connectivity index (χ4v) is 2.57. The quantitative estimate of drug-likeness (QED) is 0.243. The normalized spacial score (nSPS) is 51.7. The highest BCUT2D eigenvalue weighted by Crippen LogP contribution is 2.28. The van der Waals surface area contributed by atoms with Gasteiger partial charge in [0.15, 0.2) is 12.6 Å². The summed E-state index contributed by atoms with van der Waals surface area (Å²) in [6.45, 7) is -1.35. The molecule has 2 aliphatic heterocycles. The smallest absolute Gasteiger partial charge is 0.187 e. The molecule has 0 saturated carbocycles. The minimum atomic E-state index is -1.74. The first-order chi connectivity index (χ1) is 10.8. The molecule has 0 bridgehead atoms. The van der Waals surface area contributed by atoms with E-state index in [0.29, 0.717) is 0 Å². The van der Waals surface area contributed by atoms with Crippen molar-refractivity contribution in [3.05, 3.63) is 0 Å². The highest BCUT2D eigenvalue weighted by atomic mass is 16.7. The maximum Gasteiger partial charge on any atom is 0.187 e. The van der Waals surface area contributed by atoms with E-state index in [0.717, 1.165) is 0 Å². The average Bonchev–Trinajstić information content (AvgIpc) is 2.55. The minimum Gasteiger partial charge on any atom is -0.394 e. The molecule has 136 valence electrons. The standard InChI is InChI=1S/C12H22O11/c13-1-3-5(15)6(16)9(19)12(22-3)23-10-4(2-14)21-11(20)8(18)7(10)17/h3-20H,1-2H2/t3-,4-,5?,6+,7-,8?,9?,10?,11?,12?/m1/s1. The van der Waals surface area contributed by atoms with Gasteiger partial charge in [0.05, 0.1) is 13.2 Å². The molecule has 0 aromatic heterocycles. The Morgan fingerprint density at radius 2 is 1.26 bits per heavy atom. The fraction of sp³-hybridized carbons (Fsp3) is 1.00. The van der Waals surface area contributed by atoms with Crippen molar-refractivity contribution in [2.45, 2.75) is 61.4 Å². The molecule has 2 saturated heterocycles. The number of ether oxygens (including phenoxy) is 3.